The summed E-state index contributed by atoms with van der Waals surface area (Å²) in [4.78, 5) is 38.2. The van der Waals surface area contributed by atoms with Crippen molar-refractivity contribution >= 4 is 17.8 Å². The van der Waals surface area contributed by atoms with E-state index in [0.29, 0.717) is 6.54 Å². The molecule has 24 heavy (non-hydrogen) atoms. The molecule has 1 aliphatic rings. The highest BCUT2D eigenvalue weighted by molar-refractivity contribution is 5.87. The summed E-state index contributed by atoms with van der Waals surface area (Å²) >= 11 is 0. The fourth-order valence-electron chi connectivity index (χ4n) is 2.97. The number of carbonyl (C=O) groups excluding carboxylic acids is 2. The van der Waals surface area contributed by atoms with Crippen LogP contribution in [-0.4, -0.2) is 59.9 Å². The molecular formula is C18H24N2O4. The Hall–Kier alpha value is -2.37. The van der Waals surface area contributed by atoms with Crippen LogP contribution in [0.5, 0.6) is 0 Å². The molecule has 0 bridgehead atoms. The highest BCUT2D eigenvalue weighted by Crippen LogP contribution is 2.27. The summed E-state index contributed by atoms with van der Waals surface area (Å²) < 4.78 is 0. The van der Waals surface area contributed by atoms with E-state index in [1.807, 2.05) is 17.0 Å². The Morgan fingerprint density at radius 2 is 1.83 bits per heavy atom. The number of benzene rings is 1. The van der Waals surface area contributed by atoms with Gasteiger partial charge in [0.25, 0.3) is 0 Å². The standard InChI is InChI=1S/C18H24N2O4/c1-19(2)16(21)9-10-17(22)20-11-3-4-15(12-20)13-5-7-14(8-6-13)18(23)24/h5-8,15H,3-4,9-12H2,1-2H3,(H,23,24). The minimum absolute atomic E-state index is 0.0112. The molecule has 130 valence electrons. The number of aromatic carboxylic acids is 1. The second-order valence-corrected chi connectivity index (χ2v) is 6.39. The first-order chi connectivity index (χ1) is 11.4. The number of hydrogen-bond donors (Lipinski definition) is 1. The lowest BCUT2D eigenvalue weighted by Crippen LogP contribution is -2.39. The van der Waals surface area contributed by atoms with Gasteiger partial charge in [0.15, 0.2) is 0 Å². The third kappa shape index (κ3) is 4.57. The molecule has 6 heteroatoms. The van der Waals surface area contributed by atoms with Crippen LogP contribution in [0.15, 0.2) is 24.3 Å². The number of amides is 2. The van der Waals surface area contributed by atoms with Gasteiger partial charge >= 0.3 is 5.97 Å². The number of piperidine rings is 1. The lowest BCUT2D eigenvalue weighted by atomic mass is 9.90. The normalized spacial score (nSPS) is 17.4. The molecule has 1 heterocycles. The zero-order valence-corrected chi connectivity index (χ0v) is 14.2. The highest BCUT2D eigenvalue weighted by Gasteiger charge is 2.25. The van der Waals surface area contributed by atoms with Crippen molar-refractivity contribution in [1.29, 1.82) is 0 Å². The number of carboxylic acid groups (broad SMARTS) is 1. The Balaban J connectivity index is 1.94. The first-order valence-electron chi connectivity index (χ1n) is 8.19. The van der Waals surface area contributed by atoms with E-state index in [1.165, 1.54) is 4.90 Å². The lowest BCUT2D eigenvalue weighted by Gasteiger charge is -2.33. The van der Waals surface area contributed by atoms with Gasteiger partial charge in [-0.05, 0) is 30.5 Å². The molecule has 1 aromatic carbocycles. The monoisotopic (exact) mass is 332 g/mol. The average molecular weight is 332 g/mol. The van der Waals surface area contributed by atoms with Gasteiger partial charge in [-0.25, -0.2) is 4.79 Å². The quantitative estimate of drug-likeness (QED) is 0.894. The maximum absolute atomic E-state index is 12.3. The zero-order chi connectivity index (χ0) is 17.7. The summed E-state index contributed by atoms with van der Waals surface area (Å²) in [6.45, 7) is 1.35. The second kappa shape index (κ2) is 7.95. The van der Waals surface area contributed by atoms with E-state index in [4.69, 9.17) is 5.11 Å². The van der Waals surface area contributed by atoms with Crippen LogP contribution >= 0.6 is 0 Å². The second-order valence-electron chi connectivity index (χ2n) is 6.39. The zero-order valence-electron chi connectivity index (χ0n) is 14.2. The van der Waals surface area contributed by atoms with Gasteiger partial charge in [0, 0.05) is 45.9 Å². The molecular weight excluding hydrogens is 308 g/mol. The van der Waals surface area contributed by atoms with Gasteiger partial charge in [0.2, 0.25) is 11.8 Å². The van der Waals surface area contributed by atoms with Crippen LogP contribution in [-0.2, 0) is 9.59 Å². The lowest BCUT2D eigenvalue weighted by molar-refractivity contribution is -0.136. The molecule has 1 saturated heterocycles. The predicted molar refractivity (Wildman–Crippen MR) is 89.9 cm³/mol. The molecule has 0 spiro atoms. The summed E-state index contributed by atoms with van der Waals surface area (Å²) in [6, 6.07) is 6.87. The Morgan fingerprint density at radius 3 is 2.42 bits per heavy atom. The third-order valence-electron chi connectivity index (χ3n) is 4.45. The molecule has 1 unspecified atom stereocenters. The molecule has 0 radical (unpaired) electrons. The first kappa shape index (κ1) is 18.0. The first-order valence-corrected chi connectivity index (χ1v) is 8.19. The molecule has 0 aromatic heterocycles. The maximum Gasteiger partial charge on any atom is 0.335 e. The number of nitrogens with zero attached hydrogens (tertiary/aromatic N) is 2. The van der Waals surface area contributed by atoms with Gasteiger partial charge in [-0.3, -0.25) is 9.59 Å². The van der Waals surface area contributed by atoms with Crippen LogP contribution < -0.4 is 0 Å². The SMILES string of the molecule is CN(C)C(=O)CCC(=O)N1CCCC(c2ccc(C(=O)O)cc2)C1. The van der Waals surface area contributed by atoms with Gasteiger partial charge < -0.3 is 14.9 Å². The van der Waals surface area contributed by atoms with Gasteiger partial charge in [-0.15, -0.1) is 0 Å². The van der Waals surface area contributed by atoms with E-state index in [0.717, 1.165) is 24.9 Å². The molecule has 2 rings (SSSR count). The largest absolute Gasteiger partial charge is 0.478 e. The van der Waals surface area contributed by atoms with Gasteiger partial charge in [0.1, 0.15) is 0 Å². The van der Waals surface area contributed by atoms with Crippen LogP contribution in [0.25, 0.3) is 0 Å². The molecule has 0 saturated carbocycles. The van der Waals surface area contributed by atoms with Crippen molar-refractivity contribution in [2.75, 3.05) is 27.2 Å². The molecule has 0 aliphatic carbocycles. The van der Waals surface area contributed by atoms with Crippen molar-refractivity contribution in [2.45, 2.75) is 31.6 Å². The van der Waals surface area contributed by atoms with Crippen molar-refractivity contribution in [3.8, 4) is 0 Å². The van der Waals surface area contributed by atoms with Crippen LogP contribution in [0.2, 0.25) is 0 Å². The smallest absolute Gasteiger partial charge is 0.335 e. The Bertz CT molecular complexity index is 610. The summed E-state index contributed by atoms with van der Waals surface area (Å²) in [6.07, 6.45) is 2.37. The van der Waals surface area contributed by atoms with E-state index < -0.39 is 5.97 Å². The average Bonchev–Trinajstić information content (AvgIpc) is 2.59. The number of hydrogen-bond acceptors (Lipinski definition) is 3. The number of carboxylic acids is 1. The number of rotatable bonds is 5. The Labute approximate surface area is 142 Å². The number of carbonyl (C=O) groups is 3. The van der Waals surface area contributed by atoms with Crippen LogP contribution in [0.1, 0.15) is 47.5 Å². The van der Waals surface area contributed by atoms with Crippen molar-refractivity contribution < 1.29 is 19.5 Å². The van der Waals surface area contributed by atoms with Gasteiger partial charge in [-0.1, -0.05) is 12.1 Å². The van der Waals surface area contributed by atoms with E-state index in [-0.39, 0.29) is 36.1 Å². The molecule has 1 aliphatic heterocycles. The maximum atomic E-state index is 12.3. The highest BCUT2D eigenvalue weighted by atomic mass is 16.4. The van der Waals surface area contributed by atoms with Crippen LogP contribution in [0, 0.1) is 0 Å². The Kier molecular flexibility index (Phi) is 5.95. The van der Waals surface area contributed by atoms with E-state index in [9.17, 15) is 14.4 Å². The van der Waals surface area contributed by atoms with E-state index in [2.05, 4.69) is 0 Å². The third-order valence-corrected chi connectivity index (χ3v) is 4.45. The van der Waals surface area contributed by atoms with Crippen molar-refractivity contribution in [3.05, 3.63) is 35.4 Å². The molecule has 1 N–H and O–H groups in total. The predicted octanol–water partition coefficient (Wildman–Crippen LogP) is 1.96. The molecule has 2 amide bonds. The van der Waals surface area contributed by atoms with Gasteiger partial charge in [0.05, 0.1) is 5.56 Å². The minimum atomic E-state index is -0.937. The minimum Gasteiger partial charge on any atom is -0.478 e. The fourth-order valence-corrected chi connectivity index (χ4v) is 2.97. The molecule has 1 aromatic rings. The molecule has 1 atom stereocenters. The molecule has 1 fully saturated rings. The van der Waals surface area contributed by atoms with Crippen molar-refractivity contribution in [3.63, 3.8) is 0 Å². The van der Waals surface area contributed by atoms with Crippen LogP contribution in [0.4, 0.5) is 0 Å². The summed E-state index contributed by atoms with van der Waals surface area (Å²) in [5.74, 6) is -0.749. The van der Waals surface area contributed by atoms with Crippen molar-refractivity contribution in [2.24, 2.45) is 0 Å². The van der Waals surface area contributed by atoms with Crippen LogP contribution in [0.3, 0.4) is 0 Å². The summed E-state index contributed by atoms with van der Waals surface area (Å²) in [5.41, 5.74) is 1.33. The Morgan fingerprint density at radius 1 is 1.17 bits per heavy atom. The summed E-state index contributed by atoms with van der Waals surface area (Å²) in [5, 5.41) is 8.96. The van der Waals surface area contributed by atoms with E-state index in [1.54, 1.807) is 26.2 Å². The van der Waals surface area contributed by atoms with Gasteiger partial charge in [-0.2, -0.15) is 0 Å². The van der Waals surface area contributed by atoms with E-state index >= 15 is 0 Å². The summed E-state index contributed by atoms with van der Waals surface area (Å²) in [7, 11) is 3.37. The number of likely N-dealkylation sites (tertiary alicyclic amines) is 1. The topological polar surface area (TPSA) is 77.9 Å². The molecule has 6 nitrogen and oxygen atoms in total. The fraction of sp³-hybridized carbons (Fsp3) is 0.500. The van der Waals surface area contributed by atoms with Crippen molar-refractivity contribution in [1.82, 2.24) is 9.80 Å².